The Hall–Kier alpha value is -0.800. The van der Waals surface area contributed by atoms with Crippen LogP contribution in [0.5, 0.6) is 0 Å². The highest BCUT2D eigenvalue weighted by Crippen LogP contribution is 2.24. The first-order valence-corrected chi connectivity index (χ1v) is 7.46. The summed E-state index contributed by atoms with van der Waals surface area (Å²) in [5.74, 6) is 0. The Balaban J connectivity index is 2.03. The molecule has 90 valence electrons. The maximum atomic E-state index is 3.52. The van der Waals surface area contributed by atoms with E-state index in [2.05, 4.69) is 64.6 Å². The third-order valence-corrected chi connectivity index (χ3v) is 4.24. The summed E-state index contributed by atoms with van der Waals surface area (Å²) in [5.41, 5.74) is 2.67. The number of aryl methyl sites for hydroxylation is 1. The van der Waals surface area contributed by atoms with Crippen molar-refractivity contribution in [2.24, 2.45) is 0 Å². The fourth-order valence-corrected chi connectivity index (χ4v) is 3.23. The number of rotatable bonds is 5. The third kappa shape index (κ3) is 3.58. The van der Waals surface area contributed by atoms with Crippen molar-refractivity contribution in [3.63, 3.8) is 0 Å². The quantitative estimate of drug-likeness (QED) is 0.812. The Morgan fingerprint density at radius 2 is 2.00 bits per heavy atom. The molecule has 0 saturated heterocycles. The van der Waals surface area contributed by atoms with Gasteiger partial charge >= 0.3 is 0 Å². The molecule has 0 atom stereocenters. The fraction of sp³-hybridized carbons (Fsp3) is 0.286. The van der Waals surface area contributed by atoms with Crippen LogP contribution in [0.25, 0.3) is 0 Å². The zero-order valence-corrected chi connectivity index (χ0v) is 12.3. The van der Waals surface area contributed by atoms with E-state index >= 15 is 0 Å². The van der Waals surface area contributed by atoms with Crippen LogP contribution in [0.1, 0.15) is 23.8 Å². The molecule has 0 amide bonds. The first-order chi connectivity index (χ1) is 8.29. The minimum Gasteiger partial charge on any atom is -0.380 e. The van der Waals surface area contributed by atoms with E-state index in [1.54, 1.807) is 11.3 Å². The van der Waals surface area contributed by atoms with Gasteiger partial charge in [-0.1, -0.05) is 31.5 Å². The lowest BCUT2D eigenvalue weighted by Gasteiger charge is -2.10. The van der Waals surface area contributed by atoms with Gasteiger partial charge in [-0.05, 0) is 46.1 Å². The molecule has 1 aromatic heterocycles. The average molecular weight is 310 g/mol. The van der Waals surface area contributed by atoms with E-state index in [9.17, 15) is 0 Å². The monoisotopic (exact) mass is 309 g/mol. The topological polar surface area (TPSA) is 12.0 Å². The van der Waals surface area contributed by atoms with Gasteiger partial charge in [-0.25, -0.2) is 0 Å². The maximum absolute atomic E-state index is 3.52. The molecule has 1 N–H and O–H groups in total. The van der Waals surface area contributed by atoms with Gasteiger partial charge in [0, 0.05) is 17.1 Å². The van der Waals surface area contributed by atoms with Gasteiger partial charge in [0.15, 0.2) is 0 Å². The number of benzene rings is 1. The van der Waals surface area contributed by atoms with Crippen molar-refractivity contribution in [1.29, 1.82) is 0 Å². The molecule has 2 aromatic rings. The van der Waals surface area contributed by atoms with Crippen LogP contribution in [0.15, 0.2) is 40.2 Å². The molecule has 0 aliphatic heterocycles. The average Bonchev–Trinajstić information content (AvgIpc) is 2.74. The molecule has 17 heavy (non-hydrogen) atoms. The zero-order valence-electron chi connectivity index (χ0n) is 9.87. The largest absolute Gasteiger partial charge is 0.380 e. The van der Waals surface area contributed by atoms with E-state index in [0.29, 0.717) is 0 Å². The number of hydrogen-bond donors (Lipinski definition) is 1. The highest BCUT2D eigenvalue weighted by molar-refractivity contribution is 9.11. The van der Waals surface area contributed by atoms with E-state index in [1.807, 2.05) is 0 Å². The number of halogens is 1. The highest BCUT2D eigenvalue weighted by Gasteiger charge is 2.01. The second kappa shape index (κ2) is 6.22. The summed E-state index contributed by atoms with van der Waals surface area (Å²) in [4.78, 5) is 1.35. The first-order valence-electron chi connectivity index (χ1n) is 5.85. The lowest BCUT2D eigenvalue weighted by Crippen LogP contribution is -2.00. The summed E-state index contributed by atoms with van der Waals surface area (Å²) in [6.07, 6.45) is 2.32. The molecule has 0 saturated carbocycles. The van der Waals surface area contributed by atoms with Crippen LogP contribution in [0.4, 0.5) is 5.69 Å². The van der Waals surface area contributed by atoms with Crippen LogP contribution in [0, 0.1) is 0 Å². The van der Waals surface area contributed by atoms with E-state index in [4.69, 9.17) is 0 Å². The Kier molecular flexibility index (Phi) is 4.63. The molecule has 1 aromatic carbocycles. The van der Waals surface area contributed by atoms with Crippen molar-refractivity contribution in [3.8, 4) is 0 Å². The molecular weight excluding hydrogens is 294 g/mol. The molecule has 0 fully saturated rings. The molecule has 1 heterocycles. The SMILES string of the molecule is CCCc1ccccc1NCc1ccc(Br)s1. The van der Waals surface area contributed by atoms with E-state index in [0.717, 1.165) is 13.0 Å². The number of para-hydroxylation sites is 1. The van der Waals surface area contributed by atoms with Gasteiger partial charge in [0.25, 0.3) is 0 Å². The predicted molar refractivity (Wildman–Crippen MR) is 79.8 cm³/mol. The molecule has 2 rings (SSSR count). The van der Waals surface area contributed by atoms with Gasteiger partial charge in [0.2, 0.25) is 0 Å². The predicted octanol–water partition coefficient (Wildman–Crippen LogP) is 5.08. The Morgan fingerprint density at radius 3 is 2.71 bits per heavy atom. The molecule has 0 aliphatic rings. The molecule has 0 bridgehead atoms. The first kappa shape index (κ1) is 12.7. The van der Waals surface area contributed by atoms with Crippen molar-refractivity contribution < 1.29 is 0 Å². The lowest BCUT2D eigenvalue weighted by molar-refractivity contribution is 0.920. The van der Waals surface area contributed by atoms with Crippen LogP contribution < -0.4 is 5.32 Å². The van der Waals surface area contributed by atoms with Gasteiger partial charge in [0.1, 0.15) is 0 Å². The maximum Gasteiger partial charge on any atom is 0.0702 e. The van der Waals surface area contributed by atoms with E-state index in [1.165, 1.54) is 26.3 Å². The van der Waals surface area contributed by atoms with Crippen molar-refractivity contribution >= 4 is 33.0 Å². The highest BCUT2D eigenvalue weighted by atomic mass is 79.9. The van der Waals surface area contributed by atoms with Crippen LogP contribution in [-0.4, -0.2) is 0 Å². The standard InChI is InChI=1S/C14H16BrNS/c1-2-5-11-6-3-4-7-13(11)16-10-12-8-9-14(15)17-12/h3-4,6-9,16H,2,5,10H2,1H3. The Bertz CT molecular complexity index is 479. The second-order valence-electron chi connectivity index (χ2n) is 3.97. The number of hydrogen-bond acceptors (Lipinski definition) is 2. The summed E-state index contributed by atoms with van der Waals surface area (Å²) in [6.45, 7) is 3.12. The summed E-state index contributed by atoms with van der Waals surface area (Å²) in [6, 6.07) is 12.8. The number of thiophene rings is 1. The van der Waals surface area contributed by atoms with Crippen molar-refractivity contribution in [1.82, 2.24) is 0 Å². The van der Waals surface area contributed by atoms with Gasteiger partial charge in [0.05, 0.1) is 3.79 Å². The van der Waals surface area contributed by atoms with Crippen LogP contribution in [-0.2, 0) is 13.0 Å². The smallest absolute Gasteiger partial charge is 0.0702 e. The minimum absolute atomic E-state index is 0.900. The summed E-state index contributed by atoms with van der Waals surface area (Å²) in [5, 5.41) is 3.52. The van der Waals surface area contributed by atoms with Crippen molar-refractivity contribution in [3.05, 3.63) is 50.6 Å². The van der Waals surface area contributed by atoms with Gasteiger partial charge in [-0.3, -0.25) is 0 Å². The molecule has 0 radical (unpaired) electrons. The number of nitrogens with one attached hydrogen (secondary N) is 1. The van der Waals surface area contributed by atoms with Crippen LogP contribution in [0.3, 0.4) is 0 Å². The van der Waals surface area contributed by atoms with Gasteiger partial charge < -0.3 is 5.32 Å². The van der Waals surface area contributed by atoms with E-state index < -0.39 is 0 Å². The summed E-state index contributed by atoms with van der Waals surface area (Å²) in [7, 11) is 0. The molecule has 3 heteroatoms. The third-order valence-electron chi connectivity index (χ3n) is 2.62. The van der Waals surface area contributed by atoms with Gasteiger partial charge in [-0.15, -0.1) is 11.3 Å². The van der Waals surface area contributed by atoms with Crippen LogP contribution >= 0.6 is 27.3 Å². The normalized spacial score (nSPS) is 10.5. The van der Waals surface area contributed by atoms with Crippen LogP contribution in [0.2, 0.25) is 0 Å². The summed E-state index contributed by atoms with van der Waals surface area (Å²) < 4.78 is 1.19. The molecular formula is C14H16BrNS. The fourth-order valence-electron chi connectivity index (χ4n) is 1.81. The van der Waals surface area contributed by atoms with Crippen molar-refractivity contribution in [2.45, 2.75) is 26.3 Å². The minimum atomic E-state index is 0.900. The number of anilines is 1. The second-order valence-corrected chi connectivity index (χ2v) is 6.51. The Morgan fingerprint density at radius 1 is 1.18 bits per heavy atom. The molecule has 0 unspecified atom stereocenters. The molecule has 0 aliphatic carbocycles. The zero-order chi connectivity index (χ0) is 12.1. The summed E-state index contributed by atoms with van der Waals surface area (Å²) >= 11 is 5.27. The molecule has 1 nitrogen and oxygen atoms in total. The molecule has 0 spiro atoms. The Labute approximate surface area is 115 Å². The van der Waals surface area contributed by atoms with E-state index in [-0.39, 0.29) is 0 Å². The lowest BCUT2D eigenvalue weighted by atomic mass is 10.1. The van der Waals surface area contributed by atoms with Crippen molar-refractivity contribution in [2.75, 3.05) is 5.32 Å². The van der Waals surface area contributed by atoms with Gasteiger partial charge in [-0.2, -0.15) is 0 Å².